The van der Waals surface area contributed by atoms with E-state index in [1.807, 2.05) is 50.2 Å². The van der Waals surface area contributed by atoms with Gasteiger partial charge in [-0.15, -0.1) is 0 Å². The molecule has 5 heteroatoms. The van der Waals surface area contributed by atoms with E-state index in [0.717, 1.165) is 16.8 Å². The van der Waals surface area contributed by atoms with Crippen LogP contribution in [-0.4, -0.2) is 17.9 Å². The molecule has 1 amide bonds. The second-order valence-corrected chi connectivity index (χ2v) is 6.13. The van der Waals surface area contributed by atoms with Crippen LogP contribution in [0.2, 0.25) is 0 Å². The fourth-order valence-electron chi connectivity index (χ4n) is 2.56. The second-order valence-electron chi connectivity index (χ2n) is 6.13. The zero-order valence-electron chi connectivity index (χ0n) is 14.7. The van der Waals surface area contributed by atoms with Crippen LogP contribution >= 0.6 is 0 Å². The standard InChI is InChI=1S/C21H20N2O3/c1-14-8-10-16(11-9-14)19(24)20(22-17-6-3-5-15(2)13-17)23-21(25)18-7-4-12-26-18/h3-13,20,22H,1-2H3,(H,23,25)/t20-/m0/s1. The van der Waals surface area contributed by atoms with Gasteiger partial charge in [0.05, 0.1) is 6.26 Å². The van der Waals surface area contributed by atoms with Gasteiger partial charge in [0.2, 0.25) is 5.78 Å². The first-order chi connectivity index (χ1) is 12.5. The Morgan fingerprint density at radius 3 is 2.35 bits per heavy atom. The quantitative estimate of drug-likeness (QED) is 0.523. The summed E-state index contributed by atoms with van der Waals surface area (Å²) in [5, 5.41) is 5.81. The van der Waals surface area contributed by atoms with Gasteiger partial charge in [-0.2, -0.15) is 0 Å². The lowest BCUT2D eigenvalue weighted by atomic mass is 10.1. The number of furan rings is 1. The fourth-order valence-corrected chi connectivity index (χ4v) is 2.56. The Hall–Kier alpha value is -3.34. The number of hydrogen-bond acceptors (Lipinski definition) is 4. The SMILES string of the molecule is Cc1ccc(C(=O)[C@H](NC(=O)c2ccco2)Nc2cccc(C)c2)cc1. The van der Waals surface area contributed by atoms with Crippen LogP contribution in [0, 0.1) is 13.8 Å². The maximum absolute atomic E-state index is 12.9. The van der Waals surface area contributed by atoms with Gasteiger partial charge in [-0.25, -0.2) is 0 Å². The minimum atomic E-state index is -0.919. The molecule has 0 bridgehead atoms. The highest BCUT2D eigenvalue weighted by molar-refractivity contribution is 6.04. The van der Waals surface area contributed by atoms with E-state index in [2.05, 4.69) is 10.6 Å². The molecular weight excluding hydrogens is 328 g/mol. The third-order valence-electron chi connectivity index (χ3n) is 3.95. The number of ketones is 1. The van der Waals surface area contributed by atoms with E-state index in [1.54, 1.807) is 24.3 Å². The summed E-state index contributed by atoms with van der Waals surface area (Å²) in [5.74, 6) is -0.537. The lowest BCUT2D eigenvalue weighted by molar-refractivity contribution is 0.0853. The molecule has 0 unspecified atom stereocenters. The highest BCUT2D eigenvalue weighted by Crippen LogP contribution is 2.14. The monoisotopic (exact) mass is 348 g/mol. The minimum Gasteiger partial charge on any atom is -0.459 e. The summed E-state index contributed by atoms with van der Waals surface area (Å²) in [6.07, 6.45) is 0.497. The van der Waals surface area contributed by atoms with Crippen LogP contribution in [0.5, 0.6) is 0 Å². The third kappa shape index (κ3) is 4.19. The zero-order chi connectivity index (χ0) is 18.5. The van der Waals surface area contributed by atoms with Crippen LogP contribution in [0.1, 0.15) is 32.0 Å². The van der Waals surface area contributed by atoms with Gasteiger partial charge in [-0.05, 0) is 43.7 Å². The fraction of sp³-hybridized carbons (Fsp3) is 0.143. The number of nitrogens with one attached hydrogen (secondary N) is 2. The van der Waals surface area contributed by atoms with Crippen LogP contribution in [0.25, 0.3) is 0 Å². The van der Waals surface area contributed by atoms with E-state index in [-0.39, 0.29) is 11.5 Å². The second kappa shape index (κ2) is 7.70. The van der Waals surface area contributed by atoms with Crippen molar-refractivity contribution >= 4 is 17.4 Å². The summed E-state index contributed by atoms with van der Waals surface area (Å²) in [5.41, 5.74) is 3.37. The lowest BCUT2D eigenvalue weighted by Gasteiger charge is -2.20. The highest BCUT2D eigenvalue weighted by Gasteiger charge is 2.23. The summed E-state index contributed by atoms with van der Waals surface area (Å²) in [4.78, 5) is 25.3. The molecule has 0 fully saturated rings. The van der Waals surface area contributed by atoms with Gasteiger partial charge in [0.15, 0.2) is 11.9 Å². The Kier molecular flexibility index (Phi) is 5.17. The van der Waals surface area contributed by atoms with Crippen molar-refractivity contribution in [2.75, 3.05) is 5.32 Å². The van der Waals surface area contributed by atoms with E-state index >= 15 is 0 Å². The number of rotatable bonds is 6. The molecule has 1 aromatic heterocycles. The first-order valence-corrected chi connectivity index (χ1v) is 8.31. The maximum atomic E-state index is 12.9. The van der Waals surface area contributed by atoms with Gasteiger partial charge in [0.25, 0.3) is 5.91 Å². The molecule has 3 aromatic rings. The molecule has 1 atom stereocenters. The summed E-state index contributed by atoms with van der Waals surface area (Å²) in [6.45, 7) is 3.92. The summed E-state index contributed by atoms with van der Waals surface area (Å²) >= 11 is 0. The van der Waals surface area contributed by atoms with E-state index in [1.165, 1.54) is 6.26 Å². The van der Waals surface area contributed by atoms with Crippen LogP contribution < -0.4 is 10.6 Å². The first-order valence-electron chi connectivity index (χ1n) is 8.31. The van der Waals surface area contributed by atoms with E-state index in [4.69, 9.17) is 4.42 Å². The van der Waals surface area contributed by atoms with Crippen molar-refractivity contribution < 1.29 is 14.0 Å². The van der Waals surface area contributed by atoms with E-state index in [0.29, 0.717) is 5.56 Å². The molecule has 2 aromatic carbocycles. The number of amides is 1. The van der Waals surface area contributed by atoms with Crippen molar-refractivity contribution in [2.45, 2.75) is 20.0 Å². The van der Waals surface area contributed by atoms with Gasteiger partial charge in [-0.3, -0.25) is 9.59 Å². The number of carbonyl (C=O) groups is 2. The molecule has 0 aliphatic heterocycles. The van der Waals surface area contributed by atoms with Gasteiger partial charge < -0.3 is 15.1 Å². The molecule has 2 N–H and O–H groups in total. The van der Waals surface area contributed by atoms with Gasteiger partial charge in [0, 0.05) is 11.3 Å². The van der Waals surface area contributed by atoms with Crippen LogP contribution in [0.4, 0.5) is 5.69 Å². The highest BCUT2D eigenvalue weighted by atomic mass is 16.3. The Morgan fingerprint density at radius 2 is 1.69 bits per heavy atom. The molecule has 0 radical (unpaired) electrons. The number of hydrogen-bond donors (Lipinski definition) is 2. The molecule has 0 aliphatic rings. The Labute approximate surface area is 152 Å². The zero-order valence-corrected chi connectivity index (χ0v) is 14.7. The molecule has 0 spiro atoms. The van der Waals surface area contributed by atoms with Crippen molar-refractivity contribution in [3.05, 3.63) is 89.4 Å². The van der Waals surface area contributed by atoms with Gasteiger partial charge in [-0.1, -0.05) is 42.0 Å². The summed E-state index contributed by atoms with van der Waals surface area (Å²) in [7, 11) is 0. The lowest BCUT2D eigenvalue weighted by Crippen LogP contribution is -2.46. The maximum Gasteiger partial charge on any atom is 0.288 e. The molecular formula is C21H20N2O3. The van der Waals surface area contributed by atoms with Crippen molar-refractivity contribution in [1.82, 2.24) is 5.32 Å². The molecule has 26 heavy (non-hydrogen) atoms. The third-order valence-corrected chi connectivity index (χ3v) is 3.95. The Bertz CT molecular complexity index is 899. The number of anilines is 1. The van der Waals surface area contributed by atoms with Gasteiger partial charge >= 0.3 is 0 Å². The molecule has 3 rings (SSSR count). The first kappa shape index (κ1) is 17.5. The minimum absolute atomic E-state index is 0.151. The molecule has 132 valence electrons. The number of Topliss-reactive ketones (excluding diaryl/α,β-unsaturated/α-hetero) is 1. The molecule has 0 saturated heterocycles. The van der Waals surface area contributed by atoms with Crippen LogP contribution in [0.3, 0.4) is 0 Å². The normalized spacial score (nSPS) is 11.6. The van der Waals surface area contributed by atoms with Crippen molar-refractivity contribution in [3.8, 4) is 0 Å². The summed E-state index contributed by atoms with van der Waals surface area (Å²) < 4.78 is 5.12. The average molecular weight is 348 g/mol. The molecule has 0 saturated carbocycles. The van der Waals surface area contributed by atoms with Crippen LogP contribution in [0.15, 0.2) is 71.3 Å². The molecule has 1 heterocycles. The Balaban J connectivity index is 1.86. The molecule has 0 aliphatic carbocycles. The number of carbonyl (C=O) groups excluding carboxylic acids is 2. The predicted molar refractivity (Wildman–Crippen MR) is 100 cm³/mol. The van der Waals surface area contributed by atoms with Crippen LogP contribution in [-0.2, 0) is 0 Å². The van der Waals surface area contributed by atoms with E-state index in [9.17, 15) is 9.59 Å². The smallest absolute Gasteiger partial charge is 0.288 e. The van der Waals surface area contributed by atoms with Crippen molar-refractivity contribution in [1.29, 1.82) is 0 Å². The topological polar surface area (TPSA) is 71.3 Å². The number of aryl methyl sites for hydroxylation is 2. The average Bonchev–Trinajstić information content (AvgIpc) is 3.16. The predicted octanol–water partition coefficient (Wildman–Crippen LogP) is 3.95. The van der Waals surface area contributed by atoms with Crippen molar-refractivity contribution in [2.24, 2.45) is 0 Å². The van der Waals surface area contributed by atoms with Crippen molar-refractivity contribution in [3.63, 3.8) is 0 Å². The van der Waals surface area contributed by atoms with E-state index < -0.39 is 12.1 Å². The Morgan fingerprint density at radius 1 is 0.923 bits per heavy atom. The summed E-state index contributed by atoms with van der Waals surface area (Å²) in [6, 6.07) is 18.0. The van der Waals surface area contributed by atoms with Gasteiger partial charge in [0.1, 0.15) is 0 Å². The number of benzene rings is 2. The largest absolute Gasteiger partial charge is 0.459 e. The molecule has 5 nitrogen and oxygen atoms in total.